The Bertz CT molecular complexity index is 1040. The third-order valence-corrected chi connectivity index (χ3v) is 4.37. The molecule has 0 saturated heterocycles. The van der Waals surface area contributed by atoms with E-state index in [0.717, 1.165) is 12.8 Å². The van der Waals surface area contributed by atoms with Crippen molar-refractivity contribution >= 4 is 43.8 Å². The third kappa shape index (κ3) is 5.22. The first-order chi connectivity index (χ1) is 13.8. The molecule has 2 heterocycles. The summed E-state index contributed by atoms with van der Waals surface area (Å²) in [7, 11) is 0. The number of aromatic hydroxyl groups is 1. The van der Waals surface area contributed by atoms with Crippen LogP contribution in [0.1, 0.15) is 12.8 Å². The summed E-state index contributed by atoms with van der Waals surface area (Å²) >= 11 is 12.0. The van der Waals surface area contributed by atoms with E-state index in [0.29, 0.717) is 34.4 Å². The summed E-state index contributed by atoms with van der Waals surface area (Å²) in [6, 6.07) is 7.99. The molecule has 4 rings (SSSR count). The van der Waals surface area contributed by atoms with Crippen LogP contribution in [0.2, 0.25) is 0 Å². The van der Waals surface area contributed by atoms with Gasteiger partial charge >= 0.3 is 0 Å². The largest absolute Gasteiger partial charge is 0.507 e. The number of nitrogens with one attached hydrogen (secondary N) is 1. The van der Waals surface area contributed by atoms with Crippen molar-refractivity contribution in [1.29, 1.82) is 0 Å². The SMILES string of the molecule is Oc1cc(-c2cc(F)nc(OC(S)(S)S)c2)ccc1-c1cnc(NC2CC2)nn1. The summed E-state index contributed by atoms with van der Waals surface area (Å²) in [6.07, 6.45) is 3.75. The summed E-state index contributed by atoms with van der Waals surface area (Å²) in [5.41, 5.74) is 1.87. The van der Waals surface area contributed by atoms with Gasteiger partial charge in [0.25, 0.3) is 0 Å². The van der Waals surface area contributed by atoms with E-state index in [1.54, 1.807) is 12.1 Å². The van der Waals surface area contributed by atoms with Crippen LogP contribution in [-0.2, 0) is 0 Å². The van der Waals surface area contributed by atoms with Gasteiger partial charge in [0.05, 0.1) is 6.20 Å². The van der Waals surface area contributed by atoms with Crippen LogP contribution < -0.4 is 10.1 Å². The van der Waals surface area contributed by atoms with Crippen LogP contribution in [0.5, 0.6) is 11.6 Å². The molecule has 150 valence electrons. The van der Waals surface area contributed by atoms with Gasteiger partial charge in [-0.2, -0.15) is 9.37 Å². The molecule has 3 aromatic rings. The van der Waals surface area contributed by atoms with E-state index < -0.39 is 9.54 Å². The van der Waals surface area contributed by atoms with E-state index >= 15 is 0 Å². The second-order valence-electron chi connectivity index (χ2n) is 6.51. The van der Waals surface area contributed by atoms with Gasteiger partial charge in [-0.1, -0.05) is 6.07 Å². The van der Waals surface area contributed by atoms with Crippen molar-refractivity contribution in [2.45, 2.75) is 22.5 Å². The maximum absolute atomic E-state index is 13.9. The van der Waals surface area contributed by atoms with Gasteiger partial charge in [-0.3, -0.25) is 0 Å². The van der Waals surface area contributed by atoms with Crippen LogP contribution in [0.3, 0.4) is 0 Å². The van der Waals surface area contributed by atoms with Gasteiger partial charge in [0, 0.05) is 23.7 Å². The maximum Gasteiger partial charge on any atom is 0.242 e. The number of aromatic nitrogens is 4. The molecule has 1 aliphatic carbocycles. The number of anilines is 1. The second-order valence-corrected chi connectivity index (χ2v) is 9.46. The van der Waals surface area contributed by atoms with Gasteiger partial charge in [-0.25, -0.2) is 4.98 Å². The van der Waals surface area contributed by atoms with Crippen LogP contribution in [0.4, 0.5) is 10.3 Å². The molecule has 29 heavy (non-hydrogen) atoms. The normalized spacial score (nSPS) is 13.9. The van der Waals surface area contributed by atoms with Crippen LogP contribution in [0.15, 0.2) is 36.5 Å². The number of phenols is 1. The smallest absolute Gasteiger partial charge is 0.242 e. The van der Waals surface area contributed by atoms with Gasteiger partial charge in [-0.05, 0) is 36.1 Å². The van der Waals surface area contributed by atoms with Gasteiger partial charge in [0.15, 0.2) is 0 Å². The molecule has 2 N–H and O–H groups in total. The fraction of sp³-hybridized carbons (Fsp3) is 0.222. The summed E-state index contributed by atoms with van der Waals surface area (Å²) in [4.78, 5) is 7.86. The summed E-state index contributed by atoms with van der Waals surface area (Å²) in [5, 5.41) is 21.8. The van der Waals surface area contributed by atoms with Crippen molar-refractivity contribution in [1.82, 2.24) is 20.2 Å². The number of benzene rings is 1. The lowest BCUT2D eigenvalue weighted by Crippen LogP contribution is -2.14. The molecule has 0 bridgehead atoms. The Morgan fingerprint density at radius 1 is 1.10 bits per heavy atom. The Hall–Kier alpha value is -2.24. The number of thiol groups is 3. The average molecular weight is 450 g/mol. The molecule has 2 aromatic heterocycles. The minimum Gasteiger partial charge on any atom is -0.507 e. The molecule has 0 amide bonds. The minimum atomic E-state index is -1.42. The first-order valence-corrected chi connectivity index (χ1v) is 9.95. The van der Waals surface area contributed by atoms with E-state index in [2.05, 4.69) is 63.4 Å². The van der Waals surface area contributed by atoms with Gasteiger partial charge in [-0.15, -0.1) is 48.1 Å². The standard InChI is InChI=1S/C18H16FN5O2S3/c19-15-6-10(7-16(22-15)26-18(27,28)29)9-1-4-12(14(25)5-9)13-8-20-17(24-23-13)21-11-2-3-11/h1,4-8,11,25,27-29H,2-3H2,(H,20,21,24). The van der Waals surface area contributed by atoms with E-state index in [-0.39, 0.29) is 11.6 Å². The molecule has 11 heteroatoms. The summed E-state index contributed by atoms with van der Waals surface area (Å²) in [6.45, 7) is 0. The lowest BCUT2D eigenvalue weighted by Gasteiger charge is -2.17. The zero-order chi connectivity index (χ0) is 20.6. The topological polar surface area (TPSA) is 93.1 Å². The maximum atomic E-state index is 13.9. The Balaban J connectivity index is 1.60. The van der Waals surface area contributed by atoms with Crippen molar-refractivity contribution in [3.63, 3.8) is 0 Å². The highest BCUT2D eigenvalue weighted by atomic mass is 32.2. The molecule has 0 atom stereocenters. The highest BCUT2D eigenvalue weighted by molar-refractivity contribution is 8.16. The van der Waals surface area contributed by atoms with Crippen molar-refractivity contribution in [2.24, 2.45) is 0 Å². The minimum absolute atomic E-state index is 0.0441. The fourth-order valence-electron chi connectivity index (χ4n) is 2.63. The van der Waals surface area contributed by atoms with Gasteiger partial charge < -0.3 is 15.2 Å². The first-order valence-electron chi connectivity index (χ1n) is 8.60. The van der Waals surface area contributed by atoms with Gasteiger partial charge in [0.1, 0.15) is 11.4 Å². The van der Waals surface area contributed by atoms with Crippen molar-refractivity contribution in [2.75, 3.05) is 5.32 Å². The monoisotopic (exact) mass is 449 g/mol. The number of ether oxygens (including phenoxy) is 1. The molecular weight excluding hydrogens is 433 g/mol. The zero-order valence-electron chi connectivity index (χ0n) is 14.8. The zero-order valence-corrected chi connectivity index (χ0v) is 17.5. The number of pyridine rings is 1. The number of halogens is 1. The van der Waals surface area contributed by atoms with Gasteiger partial charge in [0.2, 0.25) is 21.4 Å². The molecular formula is C18H16FN5O2S3. The average Bonchev–Trinajstić information content (AvgIpc) is 3.44. The fourth-order valence-corrected chi connectivity index (χ4v) is 2.92. The number of phenolic OH excluding ortho intramolecular Hbond substituents is 1. The van der Waals surface area contributed by atoms with Crippen molar-refractivity contribution < 1.29 is 14.2 Å². The number of hydrogen-bond acceptors (Lipinski definition) is 10. The molecule has 1 aliphatic rings. The number of nitrogens with zero attached hydrogens (tertiary/aromatic N) is 4. The van der Waals surface area contributed by atoms with Crippen molar-refractivity contribution in [3.05, 3.63) is 42.5 Å². The second kappa shape index (κ2) is 7.88. The Kier molecular flexibility index (Phi) is 5.45. The molecule has 1 saturated carbocycles. The first kappa shape index (κ1) is 20.0. The molecule has 0 unspecified atom stereocenters. The molecule has 0 radical (unpaired) electrons. The quantitative estimate of drug-likeness (QED) is 0.222. The van der Waals surface area contributed by atoms with Crippen LogP contribution in [0.25, 0.3) is 22.4 Å². The summed E-state index contributed by atoms with van der Waals surface area (Å²) in [5.74, 6) is -0.388. The third-order valence-electron chi connectivity index (χ3n) is 4.09. The van der Waals surface area contributed by atoms with E-state index in [1.165, 1.54) is 24.4 Å². The molecule has 1 aromatic carbocycles. The van der Waals surface area contributed by atoms with E-state index in [9.17, 15) is 9.50 Å². The number of hydrogen-bond donors (Lipinski definition) is 5. The highest BCUT2D eigenvalue weighted by Gasteiger charge is 2.22. The number of rotatable bonds is 6. The predicted octanol–water partition coefficient (Wildman–Crippen LogP) is 3.80. The predicted molar refractivity (Wildman–Crippen MR) is 117 cm³/mol. The summed E-state index contributed by atoms with van der Waals surface area (Å²) < 4.78 is 17.7. The molecule has 1 fully saturated rings. The van der Waals surface area contributed by atoms with E-state index in [4.69, 9.17) is 4.74 Å². The van der Waals surface area contributed by atoms with E-state index in [1.807, 2.05) is 0 Å². The van der Waals surface area contributed by atoms with Crippen LogP contribution in [0, 0.1) is 5.95 Å². The molecule has 0 aliphatic heterocycles. The van der Waals surface area contributed by atoms with Crippen molar-refractivity contribution in [3.8, 4) is 34.0 Å². The molecule has 0 spiro atoms. The Morgan fingerprint density at radius 3 is 2.52 bits per heavy atom. The van der Waals surface area contributed by atoms with Crippen LogP contribution in [-0.4, -0.2) is 34.9 Å². The lowest BCUT2D eigenvalue weighted by atomic mass is 10.0. The Labute approximate surface area is 182 Å². The highest BCUT2D eigenvalue weighted by Crippen LogP contribution is 2.35. The molecule has 7 nitrogen and oxygen atoms in total. The van der Waals surface area contributed by atoms with Crippen LogP contribution >= 0.6 is 37.9 Å². The lowest BCUT2D eigenvalue weighted by molar-refractivity contribution is 0.325. The Morgan fingerprint density at radius 2 is 1.90 bits per heavy atom.